The molecule has 1 aromatic heterocycles. The molecule has 1 aromatic carbocycles. The number of hydrogen-bond acceptors (Lipinski definition) is 3. The Bertz CT molecular complexity index is 480. The molecule has 1 atom stereocenters. The molecule has 0 spiro atoms. The molecule has 90 valence electrons. The zero-order chi connectivity index (χ0) is 12.3. The van der Waals surface area contributed by atoms with Gasteiger partial charge >= 0.3 is 0 Å². The zero-order valence-electron chi connectivity index (χ0n) is 9.56. The highest BCUT2D eigenvalue weighted by atomic mass is 35.5. The average molecular weight is 268 g/mol. The van der Waals surface area contributed by atoms with Crippen LogP contribution in [0.25, 0.3) is 0 Å². The van der Waals surface area contributed by atoms with Gasteiger partial charge in [0.1, 0.15) is 0 Å². The minimum Gasteiger partial charge on any atom is -0.396 e. The summed E-state index contributed by atoms with van der Waals surface area (Å²) in [6.07, 6.45) is 2.71. The van der Waals surface area contributed by atoms with Crippen LogP contribution in [-0.2, 0) is 6.42 Å². The summed E-state index contributed by atoms with van der Waals surface area (Å²) in [5.74, 6) is 0.118. The van der Waals surface area contributed by atoms with Crippen LogP contribution in [0.2, 0.25) is 5.02 Å². The molecule has 1 heterocycles. The third-order valence-corrected chi connectivity index (χ3v) is 3.87. The van der Waals surface area contributed by atoms with Crippen molar-refractivity contribution in [2.75, 3.05) is 6.61 Å². The second kappa shape index (κ2) is 5.63. The van der Waals surface area contributed by atoms with Crippen LogP contribution in [0.15, 0.2) is 30.5 Å². The largest absolute Gasteiger partial charge is 0.396 e. The lowest BCUT2D eigenvalue weighted by Gasteiger charge is -2.13. The van der Waals surface area contributed by atoms with Crippen LogP contribution in [0, 0.1) is 6.92 Å². The van der Waals surface area contributed by atoms with Gasteiger partial charge < -0.3 is 5.11 Å². The van der Waals surface area contributed by atoms with Crippen LogP contribution >= 0.6 is 22.9 Å². The molecule has 0 radical (unpaired) electrons. The van der Waals surface area contributed by atoms with Gasteiger partial charge in [-0.05, 0) is 31.0 Å². The fourth-order valence-electron chi connectivity index (χ4n) is 1.77. The SMILES string of the molecule is Cc1ncc(CC(CO)c2ccc(Cl)cc2)s1. The van der Waals surface area contributed by atoms with Crippen molar-refractivity contribution in [3.63, 3.8) is 0 Å². The van der Waals surface area contributed by atoms with Crippen molar-refractivity contribution in [1.29, 1.82) is 0 Å². The summed E-state index contributed by atoms with van der Waals surface area (Å²) in [5, 5.41) is 11.3. The first-order chi connectivity index (χ1) is 8.19. The van der Waals surface area contributed by atoms with Crippen molar-refractivity contribution in [3.8, 4) is 0 Å². The van der Waals surface area contributed by atoms with Crippen LogP contribution in [0.1, 0.15) is 21.4 Å². The van der Waals surface area contributed by atoms with Gasteiger partial charge in [0.15, 0.2) is 0 Å². The number of aromatic nitrogens is 1. The highest BCUT2D eigenvalue weighted by molar-refractivity contribution is 7.11. The summed E-state index contributed by atoms with van der Waals surface area (Å²) in [6, 6.07) is 7.66. The van der Waals surface area contributed by atoms with Crippen LogP contribution in [0.4, 0.5) is 0 Å². The molecule has 2 aromatic rings. The Morgan fingerprint density at radius 3 is 2.59 bits per heavy atom. The summed E-state index contributed by atoms with van der Waals surface area (Å²) >= 11 is 7.53. The molecule has 0 aliphatic heterocycles. The van der Waals surface area contributed by atoms with Crippen molar-refractivity contribution in [1.82, 2.24) is 4.98 Å². The maximum Gasteiger partial charge on any atom is 0.0896 e. The summed E-state index contributed by atoms with van der Waals surface area (Å²) < 4.78 is 0. The normalized spacial score (nSPS) is 12.6. The maximum atomic E-state index is 9.47. The number of rotatable bonds is 4. The minimum absolute atomic E-state index is 0.118. The molecule has 1 unspecified atom stereocenters. The Kier molecular flexibility index (Phi) is 4.15. The highest BCUT2D eigenvalue weighted by Crippen LogP contribution is 2.24. The van der Waals surface area contributed by atoms with E-state index in [2.05, 4.69) is 4.98 Å². The van der Waals surface area contributed by atoms with E-state index < -0.39 is 0 Å². The second-order valence-corrected chi connectivity index (χ2v) is 5.74. The summed E-state index contributed by atoms with van der Waals surface area (Å²) in [5.41, 5.74) is 1.11. The lowest BCUT2D eigenvalue weighted by molar-refractivity contribution is 0.265. The smallest absolute Gasteiger partial charge is 0.0896 e. The predicted molar refractivity (Wildman–Crippen MR) is 71.8 cm³/mol. The molecule has 0 saturated carbocycles. The van der Waals surface area contributed by atoms with Crippen molar-refractivity contribution in [2.24, 2.45) is 0 Å². The molecule has 0 fully saturated rings. The van der Waals surface area contributed by atoms with Gasteiger partial charge in [-0.3, -0.25) is 0 Å². The number of aryl methyl sites for hydroxylation is 1. The van der Waals surface area contributed by atoms with Crippen molar-refractivity contribution >= 4 is 22.9 Å². The number of aliphatic hydroxyl groups is 1. The number of aliphatic hydroxyl groups excluding tert-OH is 1. The van der Waals surface area contributed by atoms with Crippen molar-refractivity contribution in [3.05, 3.63) is 50.9 Å². The quantitative estimate of drug-likeness (QED) is 0.921. The molecule has 0 amide bonds. The van der Waals surface area contributed by atoms with Gasteiger partial charge in [0.25, 0.3) is 0 Å². The molecule has 17 heavy (non-hydrogen) atoms. The minimum atomic E-state index is 0.118. The standard InChI is InChI=1S/C13H14ClNOS/c1-9-15-7-13(17-9)6-11(8-16)10-2-4-12(14)5-3-10/h2-5,7,11,16H,6,8H2,1H3. The fraction of sp³-hybridized carbons (Fsp3) is 0.308. The van der Waals surface area contributed by atoms with E-state index in [9.17, 15) is 5.11 Å². The highest BCUT2D eigenvalue weighted by Gasteiger charge is 2.12. The zero-order valence-corrected chi connectivity index (χ0v) is 11.1. The topological polar surface area (TPSA) is 33.1 Å². The van der Waals surface area contributed by atoms with Gasteiger partial charge in [-0.1, -0.05) is 23.7 Å². The monoisotopic (exact) mass is 267 g/mol. The molecular formula is C13H14ClNOS. The molecule has 4 heteroatoms. The van der Waals surface area contributed by atoms with Gasteiger partial charge in [0, 0.05) is 22.0 Å². The van der Waals surface area contributed by atoms with Crippen LogP contribution in [-0.4, -0.2) is 16.7 Å². The van der Waals surface area contributed by atoms with E-state index in [1.54, 1.807) is 11.3 Å². The summed E-state index contributed by atoms with van der Waals surface area (Å²) in [4.78, 5) is 5.43. The van der Waals surface area contributed by atoms with E-state index in [-0.39, 0.29) is 12.5 Å². The Morgan fingerprint density at radius 2 is 2.06 bits per heavy atom. The Morgan fingerprint density at radius 1 is 1.35 bits per heavy atom. The lowest BCUT2D eigenvalue weighted by Crippen LogP contribution is -2.06. The van der Waals surface area contributed by atoms with Crippen molar-refractivity contribution < 1.29 is 5.11 Å². The van der Waals surface area contributed by atoms with E-state index in [1.807, 2.05) is 37.4 Å². The van der Waals surface area contributed by atoms with Crippen LogP contribution in [0.3, 0.4) is 0 Å². The van der Waals surface area contributed by atoms with E-state index in [1.165, 1.54) is 4.88 Å². The molecule has 0 saturated heterocycles. The van der Waals surface area contributed by atoms with Crippen LogP contribution < -0.4 is 0 Å². The fourth-order valence-corrected chi connectivity index (χ4v) is 2.77. The number of nitrogens with zero attached hydrogens (tertiary/aromatic N) is 1. The number of thiazole rings is 1. The van der Waals surface area contributed by atoms with Gasteiger partial charge in [-0.15, -0.1) is 11.3 Å². The van der Waals surface area contributed by atoms with E-state index in [0.717, 1.165) is 22.0 Å². The number of hydrogen-bond donors (Lipinski definition) is 1. The van der Waals surface area contributed by atoms with E-state index in [4.69, 9.17) is 11.6 Å². The predicted octanol–water partition coefficient (Wildman–Crippen LogP) is 3.42. The van der Waals surface area contributed by atoms with E-state index in [0.29, 0.717) is 0 Å². The lowest BCUT2D eigenvalue weighted by atomic mass is 9.96. The van der Waals surface area contributed by atoms with Gasteiger partial charge in [-0.2, -0.15) is 0 Å². The van der Waals surface area contributed by atoms with Crippen LogP contribution in [0.5, 0.6) is 0 Å². The van der Waals surface area contributed by atoms with Gasteiger partial charge in [0.2, 0.25) is 0 Å². The molecule has 2 rings (SSSR count). The molecule has 0 aliphatic carbocycles. The molecule has 0 aliphatic rings. The Hall–Kier alpha value is -0.900. The Labute approximate surface area is 110 Å². The molecule has 1 N–H and O–H groups in total. The third-order valence-electron chi connectivity index (χ3n) is 2.68. The summed E-state index contributed by atoms with van der Waals surface area (Å²) in [6.45, 7) is 2.13. The number of halogens is 1. The first-order valence-electron chi connectivity index (χ1n) is 5.46. The molecule has 2 nitrogen and oxygen atoms in total. The Balaban J connectivity index is 2.13. The van der Waals surface area contributed by atoms with E-state index >= 15 is 0 Å². The van der Waals surface area contributed by atoms with Crippen molar-refractivity contribution in [2.45, 2.75) is 19.3 Å². The van der Waals surface area contributed by atoms with Gasteiger partial charge in [0.05, 0.1) is 11.6 Å². The first kappa shape index (κ1) is 12.6. The molecular weight excluding hydrogens is 254 g/mol. The first-order valence-corrected chi connectivity index (χ1v) is 6.66. The molecule has 0 bridgehead atoms. The second-order valence-electron chi connectivity index (χ2n) is 3.98. The summed E-state index contributed by atoms with van der Waals surface area (Å²) in [7, 11) is 0. The third kappa shape index (κ3) is 3.28. The number of benzene rings is 1. The average Bonchev–Trinajstić information content (AvgIpc) is 2.73. The maximum absolute atomic E-state index is 9.47. The van der Waals surface area contributed by atoms with Gasteiger partial charge in [-0.25, -0.2) is 4.98 Å².